The third-order valence-corrected chi connectivity index (χ3v) is 5.99. The summed E-state index contributed by atoms with van der Waals surface area (Å²) < 4.78 is 7.97. The number of carbonyl (C=O) groups is 1. The van der Waals surface area contributed by atoms with Gasteiger partial charge in [-0.25, -0.2) is 4.98 Å². The molecule has 2 aromatic carbocycles. The van der Waals surface area contributed by atoms with E-state index in [9.17, 15) is 4.79 Å². The average molecular weight is 475 g/mol. The van der Waals surface area contributed by atoms with E-state index in [1.54, 1.807) is 0 Å². The van der Waals surface area contributed by atoms with Crippen LogP contribution in [0.3, 0.4) is 0 Å². The molecule has 2 N–H and O–H groups in total. The summed E-state index contributed by atoms with van der Waals surface area (Å²) in [5.74, 6) is 0.181. The molecule has 0 aliphatic heterocycles. The molecular weight excluding hydrogens is 436 g/mol. The number of hydrogen-bond donors (Lipinski definition) is 1. The highest BCUT2D eigenvalue weighted by Crippen LogP contribution is 2.16. The predicted octanol–water partition coefficient (Wildman–Crippen LogP) is 3.69. The second kappa shape index (κ2) is 13.5. The van der Waals surface area contributed by atoms with Crippen LogP contribution in [0.1, 0.15) is 46.0 Å². The Labute approximate surface area is 208 Å². The maximum Gasteiger partial charge on any atom is 0.226 e. The van der Waals surface area contributed by atoms with Crippen LogP contribution < -0.4 is 21.2 Å². The Hall–Kier alpha value is -3.38. The summed E-state index contributed by atoms with van der Waals surface area (Å²) in [6.07, 6.45) is 6.06. The second-order valence-electron chi connectivity index (χ2n) is 8.78. The zero-order chi connectivity index (χ0) is 25.0. The first-order chi connectivity index (χ1) is 17.0. The smallest absolute Gasteiger partial charge is 0.226 e. The van der Waals surface area contributed by atoms with Gasteiger partial charge in [-0.2, -0.15) is 0 Å². The molecule has 1 heterocycles. The molecule has 0 unspecified atom stereocenters. The van der Waals surface area contributed by atoms with Gasteiger partial charge in [0.1, 0.15) is 5.35 Å². The van der Waals surface area contributed by atoms with E-state index in [0.717, 1.165) is 59.1 Å². The summed E-state index contributed by atoms with van der Waals surface area (Å²) in [7, 11) is 0. The summed E-state index contributed by atoms with van der Waals surface area (Å²) in [5.41, 5.74) is 7.75. The summed E-state index contributed by atoms with van der Waals surface area (Å²) in [6.45, 7) is 10.8. The number of para-hydroxylation sites is 1. The van der Waals surface area contributed by atoms with Gasteiger partial charge >= 0.3 is 0 Å². The minimum atomic E-state index is 0.181. The molecule has 1 amide bonds. The van der Waals surface area contributed by atoms with Gasteiger partial charge in [-0.3, -0.25) is 4.79 Å². The topological polar surface area (TPSA) is 73.4 Å². The number of imidazole rings is 1. The molecule has 3 aromatic rings. The number of amides is 1. The SMILES string of the molecule is C=c1cccc/c1=c1/c(=C(\C)N)ncn1CCOCCCCC(=O)N(CCCC)c1ccccc1. The Morgan fingerprint density at radius 3 is 2.51 bits per heavy atom. The Morgan fingerprint density at radius 2 is 1.80 bits per heavy atom. The van der Waals surface area contributed by atoms with Gasteiger partial charge in [-0.05, 0) is 43.5 Å². The number of carbonyl (C=O) groups excluding carboxylic acids is 1. The third kappa shape index (κ3) is 7.30. The molecule has 0 saturated heterocycles. The van der Waals surface area contributed by atoms with E-state index < -0.39 is 0 Å². The second-order valence-corrected chi connectivity index (χ2v) is 8.78. The lowest BCUT2D eigenvalue weighted by atomic mass is 10.2. The third-order valence-electron chi connectivity index (χ3n) is 5.99. The molecule has 0 aliphatic carbocycles. The van der Waals surface area contributed by atoms with E-state index in [0.29, 0.717) is 31.9 Å². The van der Waals surface area contributed by atoms with E-state index in [4.69, 9.17) is 10.5 Å². The lowest BCUT2D eigenvalue weighted by Crippen LogP contribution is -2.31. The van der Waals surface area contributed by atoms with Crippen molar-refractivity contribution in [2.24, 2.45) is 5.73 Å². The Balaban J connectivity index is 1.51. The summed E-state index contributed by atoms with van der Waals surface area (Å²) >= 11 is 0. The zero-order valence-corrected chi connectivity index (χ0v) is 21.1. The van der Waals surface area contributed by atoms with E-state index in [1.807, 2.05) is 72.7 Å². The van der Waals surface area contributed by atoms with Gasteiger partial charge in [0.25, 0.3) is 0 Å². The van der Waals surface area contributed by atoms with Crippen LogP contribution in [0.25, 0.3) is 12.3 Å². The van der Waals surface area contributed by atoms with Crippen LogP contribution >= 0.6 is 0 Å². The van der Waals surface area contributed by atoms with Crippen molar-refractivity contribution in [1.29, 1.82) is 0 Å². The van der Waals surface area contributed by atoms with Crippen molar-refractivity contribution in [2.75, 3.05) is 24.7 Å². The molecular formula is C29H38N4O2. The first kappa shape index (κ1) is 26.2. The molecule has 0 spiro atoms. The van der Waals surface area contributed by atoms with Crippen LogP contribution in [-0.2, 0) is 16.1 Å². The number of aromatic nitrogens is 2. The van der Waals surface area contributed by atoms with E-state index >= 15 is 0 Å². The number of rotatable bonds is 12. The van der Waals surface area contributed by atoms with Crippen molar-refractivity contribution in [3.05, 3.63) is 82.1 Å². The summed E-state index contributed by atoms with van der Waals surface area (Å²) in [5, 5.41) is 3.71. The van der Waals surface area contributed by atoms with Crippen LogP contribution in [0.5, 0.6) is 0 Å². The fourth-order valence-electron chi connectivity index (χ4n) is 4.08. The van der Waals surface area contributed by atoms with E-state index in [-0.39, 0.29) is 5.91 Å². The van der Waals surface area contributed by atoms with Crippen LogP contribution in [-0.4, -0.2) is 35.2 Å². The largest absolute Gasteiger partial charge is 0.400 e. The number of benzene rings is 2. The molecule has 1 aromatic heterocycles. The fourth-order valence-corrected chi connectivity index (χ4v) is 4.08. The Bertz CT molecular complexity index is 1280. The fraction of sp³-hybridized carbons (Fsp3) is 0.379. The first-order valence-electron chi connectivity index (χ1n) is 12.5. The maximum absolute atomic E-state index is 12.8. The van der Waals surface area contributed by atoms with Gasteiger partial charge < -0.3 is 19.9 Å². The molecule has 0 aliphatic rings. The molecule has 0 fully saturated rings. The zero-order valence-electron chi connectivity index (χ0n) is 21.1. The Morgan fingerprint density at radius 1 is 1.06 bits per heavy atom. The Kier molecular flexibility index (Phi) is 10.1. The quantitative estimate of drug-likeness (QED) is 0.407. The lowest BCUT2D eigenvalue weighted by molar-refractivity contribution is -0.118. The van der Waals surface area contributed by atoms with E-state index in [1.165, 1.54) is 0 Å². The van der Waals surface area contributed by atoms with Gasteiger partial charge in [0.15, 0.2) is 0 Å². The summed E-state index contributed by atoms with van der Waals surface area (Å²) in [6, 6.07) is 17.9. The molecule has 186 valence electrons. The number of hydrogen-bond acceptors (Lipinski definition) is 4. The first-order valence-corrected chi connectivity index (χ1v) is 12.5. The number of anilines is 1. The average Bonchev–Trinajstić information content (AvgIpc) is 3.28. The van der Waals surface area contributed by atoms with Crippen LogP contribution in [0, 0.1) is 10.6 Å². The minimum absolute atomic E-state index is 0.181. The minimum Gasteiger partial charge on any atom is -0.400 e. The predicted molar refractivity (Wildman–Crippen MR) is 143 cm³/mol. The van der Waals surface area contributed by atoms with Crippen LogP contribution in [0.4, 0.5) is 5.69 Å². The molecule has 6 nitrogen and oxygen atoms in total. The van der Waals surface area contributed by atoms with Crippen molar-refractivity contribution in [3.8, 4) is 0 Å². The number of unbranched alkanes of at least 4 members (excludes halogenated alkanes) is 2. The monoisotopic (exact) mass is 474 g/mol. The molecule has 0 atom stereocenters. The highest BCUT2D eigenvalue weighted by molar-refractivity contribution is 5.93. The molecule has 3 rings (SSSR count). The van der Waals surface area contributed by atoms with Gasteiger partial charge in [-0.1, -0.05) is 62.4 Å². The van der Waals surface area contributed by atoms with E-state index in [2.05, 4.69) is 23.1 Å². The highest BCUT2D eigenvalue weighted by Gasteiger charge is 2.14. The van der Waals surface area contributed by atoms with Gasteiger partial charge in [0, 0.05) is 42.7 Å². The standard InChI is InChI=1S/C29H38N4O2/c1-4-5-18-33(25-14-7-6-8-15-25)27(34)17-11-12-20-35-21-19-32-22-31-28(24(3)30)29(32)26-16-10-9-13-23(26)2/h6-10,13-16,22H,2,4-5,11-12,17-21,30H2,1,3H3/b28-24-,29-26+. The van der Waals surface area contributed by atoms with Gasteiger partial charge in [0.05, 0.1) is 18.3 Å². The van der Waals surface area contributed by atoms with Crippen LogP contribution in [0.15, 0.2) is 60.9 Å². The lowest BCUT2D eigenvalue weighted by Gasteiger charge is -2.22. The van der Waals surface area contributed by atoms with Crippen LogP contribution in [0.2, 0.25) is 0 Å². The number of nitrogens with zero attached hydrogens (tertiary/aromatic N) is 3. The molecule has 6 heteroatoms. The van der Waals surface area contributed by atoms with Crippen molar-refractivity contribution in [2.45, 2.75) is 52.5 Å². The van der Waals surface area contributed by atoms with Crippen molar-refractivity contribution >= 4 is 23.9 Å². The normalized spacial score (nSPS) is 13.0. The number of nitrogens with two attached hydrogens (primary N) is 1. The van der Waals surface area contributed by atoms with Gasteiger partial charge in [0.2, 0.25) is 5.91 Å². The summed E-state index contributed by atoms with van der Waals surface area (Å²) in [4.78, 5) is 19.3. The van der Waals surface area contributed by atoms with Crippen molar-refractivity contribution < 1.29 is 9.53 Å². The highest BCUT2D eigenvalue weighted by atomic mass is 16.5. The molecule has 0 saturated carbocycles. The molecule has 0 bridgehead atoms. The molecule has 35 heavy (non-hydrogen) atoms. The maximum atomic E-state index is 12.8. The van der Waals surface area contributed by atoms with Gasteiger partial charge in [-0.15, -0.1) is 0 Å². The van der Waals surface area contributed by atoms with Crippen molar-refractivity contribution in [1.82, 2.24) is 9.55 Å². The number of ether oxygens (including phenoxy) is 1. The molecule has 0 radical (unpaired) electrons. The van der Waals surface area contributed by atoms with Crippen molar-refractivity contribution in [3.63, 3.8) is 0 Å².